The predicted molar refractivity (Wildman–Crippen MR) is 159 cm³/mol. The number of pyridine rings is 1. The van der Waals surface area contributed by atoms with Gasteiger partial charge in [0.25, 0.3) is 11.8 Å². The molecule has 1 fully saturated rings. The van der Waals surface area contributed by atoms with E-state index in [1.807, 2.05) is 44.6 Å². The molecule has 2 aliphatic rings. The van der Waals surface area contributed by atoms with Crippen LogP contribution in [0.4, 0.5) is 5.13 Å². The van der Waals surface area contributed by atoms with Crippen LogP contribution in [0.1, 0.15) is 58.6 Å². The Hall–Kier alpha value is -3.67. The molecular weight excluding hydrogens is 540 g/mol. The first-order chi connectivity index (χ1) is 20.0. The highest BCUT2D eigenvalue weighted by Crippen LogP contribution is 2.33. The van der Waals surface area contributed by atoms with Crippen molar-refractivity contribution in [2.24, 2.45) is 10.9 Å². The lowest BCUT2D eigenvalue weighted by Crippen LogP contribution is -2.22. The minimum atomic E-state index is -0.337. The van der Waals surface area contributed by atoms with Gasteiger partial charge in [-0.15, -0.1) is 10.2 Å². The summed E-state index contributed by atoms with van der Waals surface area (Å²) in [5.41, 5.74) is 1.41. The highest BCUT2D eigenvalue weighted by Gasteiger charge is 2.22. The zero-order valence-electron chi connectivity index (χ0n) is 23.4. The third-order valence-corrected chi connectivity index (χ3v) is 7.98. The van der Waals surface area contributed by atoms with Gasteiger partial charge in [-0.05, 0) is 44.8 Å². The van der Waals surface area contributed by atoms with Gasteiger partial charge in [0, 0.05) is 56.8 Å². The summed E-state index contributed by atoms with van der Waals surface area (Å²) in [6.45, 7) is 2.79. The molecule has 0 aliphatic carbocycles. The summed E-state index contributed by atoms with van der Waals surface area (Å²) in [5, 5.41) is 12.5. The number of carbonyl (C=O) groups is 1. The first-order valence-corrected chi connectivity index (χ1v) is 14.8. The van der Waals surface area contributed by atoms with Crippen LogP contribution in [0.15, 0.2) is 59.9 Å². The fourth-order valence-electron chi connectivity index (χ4n) is 4.60. The first-order valence-electron chi connectivity index (χ1n) is 13.9. The summed E-state index contributed by atoms with van der Waals surface area (Å²) in [4.78, 5) is 24.0. The number of amides is 1. The van der Waals surface area contributed by atoms with Gasteiger partial charge < -0.3 is 19.1 Å². The number of hydrogen-bond donors (Lipinski definition) is 1. The predicted octanol–water partition coefficient (Wildman–Crippen LogP) is 5.13. The summed E-state index contributed by atoms with van der Waals surface area (Å²) >= 11 is 1.35. The van der Waals surface area contributed by atoms with Crippen molar-refractivity contribution in [2.45, 2.75) is 37.7 Å². The Labute approximate surface area is 244 Å². The molecule has 41 heavy (non-hydrogen) atoms. The van der Waals surface area contributed by atoms with Gasteiger partial charge in [-0.3, -0.25) is 15.1 Å². The van der Waals surface area contributed by atoms with Gasteiger partial charge in [0.2, 0.25) is 5.13 Å². The number of carbonyl (C=O) groups excluding carboxylic acids is 1. The third kappa shape index (κ3) is 8.18. The maximum absolute atomic E-state index is 13.2. The van der Waals surface area contributed by atoms with Crippen LogP contribution in [0.3, 0.4) is 0 Å². The van der Waals surface area contributed by atoms with Gasteiger partial charge in [-0.2, -0.15) is 0 Å². The molecule has 0 bridgehead atoms. The molecule has 10 nitrogen and oxygen atoms in total. The number of nitrogens with one attached hydrogen (secondary N) is 1. The molecule has 216 valence electrons. The molecule has 1 unspecified atom stereocenters. The number of nitrogens with zero attached hydrogens (tertiary/aromatic N) is 5. The number of aromatic nitrogens is 3. The standard InChI is InChI=1S/C30H36N6O4S/c1-36(2)15-10-25(22-6-4-3-5-7-22)40-28-26(39-20-21-11-16-38-17-12-21)18-24(19-32-28)27(37)33-30-35-34-29(41-30)23-8-13-31-14-9-23/h3-8,13-14,18-19,21,23,25H,9-12,15-17,20H2,1-2H3,(H,33,35,37)/t23?,25-/m0/s1. The van der Waals surface area contributed by atoms with Crippen LogP contribution in [0.2, 0.25) is 0 Å². The van der Waals surface area contributed by atoms with E-state index in [9.17, 15) is 4.79 Å². The molecule has 4 heterocycles. The van der Waals surface area contributed by atoms with Crippen molar-refractivity contribution in [1.82, 2.24) is 20.1 Å². The Kier molecular flexibility index (Phi) is 10.1. The lowest BCUT2D eigenvalue weighted by Gasteiger charge is -2.24. The summed E-state index contributed by atoms with van der Waals surface area (Å²) in [6.07, 6.45) is 10.3. The normalized spacial score (nSPS) is 17.9. The fourth-order valence-corrected chi connectivity index (χ4v) is 5.43. The molecule has 5 rings (SSSR count). The van der Waals surface area contributed by atoms with Gasteiger partial charge in [-0.25, -0.2) is 4.98 Å². The van der Waals surface area contributed by atoms with E-state index in [-0.39, 0.29) is 17.9 Å². The monoisotopic (exact) mass is 576 g/mol. The van der Waals surface area contributed by atoms with Crippen LogP contribution in [0.5, 0.6) is 11.6 Å². The molecule has 2 aromatic heterocycles. The van der Waals surface area contributed by atoms with Gasteiger partial charge >= 0.3 is 0 Å². The van der Waals surface area contributed by atoms with E-state index in [0.717, 1.165) is 56.0 Å². The summed E-state index contributed by atoms with van der Waals surface area (Å²) < 4.78 is 18.3. The number of rotatable bonds is 12. The molecular formula is C30H36N6O4S. The number of aliphatic imine (C=N–C) groups is 1. The number of benzene rings is 1. The van der Waals surface area contributed by atoms with Crippen molar-refractivity contribution in [1.29, 1.82) is 0 Å². The average Bonchev–Trinajstić information content (AvgIpc) is 3.48. The molecule has 0 radical (unpaired) electrons. The molecule has 1 saturated heterocycles. The Bertz CT molecular complexity index is 1340. The minimum absolute atomic E-state index is 0.115. The fraction of sp³-hybridized carbons (Fsp3) is 0.433. The van der Waals surface area contributed by atoms with Crippen LogP contribution in [-0.4, -0.2) is 72.7 Å². The lowest BCUT2D eigenvalue weighted by molar-refractivity contribution is 0.0486. The highest BCUT2D eigenvalue weighted by atomic mass is 32.1. The topological polar surface area (TPSA) is 111 Å². The van der Waals surface area contributed by atoms with Crippen LogP contribution in [0, 0.1) is 5.92 Å². The van der Waals surface area contributed by atoms with E-state index in [4.69, 9.17) is 14.2 Å². The Balaban J connectivity index is 1.34. The van der Waals surface area contributed by atoms with E-state index < -0.39 is 0 Å². The molecule has 2 aliphatic heterocycles. The Morgan fingerprint density at radius 3 is 2.78 bits per heavy atom. The Morgan fingerprint density at radius 2 is 2.02 bits per heavy atom. The van der Waals surface area contributed by atoms with Crippen molar-refractivity contribution in [2.75, 3.05) is 45.8 Å². The zero-order chi connectivity index (χ0) is 28.4. The largest absolute Gasteiger partial charge is 0.488 e. The van der Waals surface area contributed by atoms with E-state index in [0.29, 0.717) is 34.8 Å². The summed E-state index contributed by atoms with van der Waals surface area (Å²) in [7, 11) is 4.08. The summed E-state index contributed by atoms with van der Waals surface area (Å²) in [5.74, 6) is 0.954. The maximum atomic E-state index is 13.2. The number of ether oxygens (including phenoxy) is 3. The first kappa shape index (κ1) is 28.8. The van der Waals surface area contributed by atoms with Crippen molar-refractivity contribution in [3.05, 3.63) is 71.0 Å². The second kappa shape index (κ2) is 14.3. The van der Waals surface area contributed by atoms with Crippen molar-refractivity contribution in [3.63, 3.8) is 0 Å². The van der Waals surface area contributed by atoms with Gasteiger partial charge in [0.1, 0.15) is 11.1 Å². The van der Waals surface area contributed by atoms with E-state index in [2.05, 4.69) is 42.5 Å². The Morgan fingerprint density at radius 1 is 1.20 bits per heavy atom. The van der Waals surface area contributed by atoms with Crippen LogP contribution >= 0.6 is 11.3 Å². The van der Waals surface area contributed by atoms with Crippen LogP contribution in [0.25, 0.3) is 0 Å². The SMILES string of the molecule is CN(C)CC[C@H](Oc1ncc(C(=O)Nc2nnc(C3C=CN=CC3)s2)cc1OCC1CCOCC1)c1ccccc1. The lowest BCUT2D eigenvalue weighted by atomic mass is 10.0. The maximum Gasteiger partial charge on any atom is 0.259 e. The second-order valence-electron chi connectivity index (χ2n) is 10.4. The quantitative estimate of drug-likeness (QED) is 0.316. The highest BCUT2D eigenvalue weighted by molar-refractivity contribution is 7.15. The molecule has 1 aromatic carbocycles. The van der Waals surface area contributed by atoms with E-state index in [1.165, 1.54) is 17.5 Å². The molecule has 3 aromatic rings. The molecule has 2 atom stereocenters. The molecule has 0 saturated carbocycles. The van der Waals surface area contributed by atoms with Crippen LogP contribution < -0.4 is 14.8 Å². The number of anilines is 1. The zero-order valence-corrected chi connectivity index (χ0v) is 24.3. The molecule has 0 spiro atoms. The molecule has 11 heteroatoms. The van der Waals surface area contributed by atoms with Crippen molar-refractivity contribution in [3.8, 4) is 11.6 Å². The van der Waals surface area contributed by atoms with Crippen molar-refractivity contribution < 1.29 is 19.0 Å². The van der Waals surface area contributed by atoms with Gasteiger partial charge in [0.15, 0.2) is 5.75 Å². The number of hydrogen-bond acceptors (Lipinski definition) is 10. The molecule has 1 amide bonds. The van der Waals surface area contributed by atoms with Crippen molar-refractivity contribution >= 4 is 28.6 Å². The number of allylic oxidation sites excluding steroid dienone is 1. The third-order valence-electron chi connectivity index (χ3n) is 7.01. The molecule has 1 N–H and O–H groups in total. The second-order valence-corrected chi connectivity index (χ2v) is 11.4. The van der Waals surface area contributed by atoms with E-state index >= 15 is 0 Å². The average molecular weight is 577 g/mol. The van der Waals surface area contributed by atoms with Gasteiger partial charge in [0.05, 0.1) is 12.2 Å². The smallest absolute Gasteiger partial charge is 0.259 e. The van der Waals surface area contributed by atoms with E-state index in [1.54, 1.807) is 12.3 Å². The van der Waals surface area contributed by atoms with Crippen LogP contribution in [-0.2, 0) is 4.74 Å². The minimum Gasteiger partial charge on any atom is -0.488 e. The van der Waals surface area contributed by atoms with Gasteiger partial charge in [-0.1, -0.05) is 47.7 Å². The summed E-state index contributed by atoms with van der Waals surface area (Å²) in [6, 6.07) is 11.8.